The van der Waals surface area contributed by atoms with Crippen molar-refractivity contribution in [2.24, 2.45) is 4.99 Å². The van der Waals surface area contributed by atoms with Crippen LogP contribution in [0.2, 0.25) is 0 Å². The lowest BCUT2D eigenvalue weighted by molar-refractivity contribution is 0.806. The van der Waals surface area contributed by atoms with Gasteiger partial charge in [0, 0.05) is 37.4 Å². The normalized spacial score (nSPS) is 15.8. The van der Waals surface area contributed by atoms with Gasteiger partial charge in [0.05, 0.1) is 27.5 Å². The number of aliphatic imine (C=N–C) groups is 1. The van der Waals surface area contributed by atoms with Crippen molar-refractivity contribution in [1.82, 2.24) is 9.88 Å². The molecule has 50 heavy (non-hydrogen) atoms. The molecule has 0 amide bonds. The van der Waals surface area contributed by atoms with Gasteiger partial charge in [0.25, 0.3) is 0 Å². The molecule has 7 aromatic carbocycles. The van der Waals surface area contributed by atoms with Crippen molar-refractivity contribution in [3.05, 3.63) is 175 Å². The Balaban J connectivity index is 1.21. The molecule has 0 spiro atoms. The Morgan fingerprint density at radius 3 is 2.14 bits per heavy atom. The minimum absolute atomic E-state index is 0.0107. The van der Waals surface area contributed by atoms with Crippen LogP contribution in [-0.4, -0.2) is 16.6 Å². The molecule has 0 bridgehead atoms. The van der Waals surface area contributed by atoms with Crippen LogP contribution in [0.4, 0.5) is 0 Å². The lowest BCUT2D eigenvalue weighted by Gasteiger charge is -2.29. The van der Waals surface area contributed by atoms with E-state index in [2.05, 4.69) is 174 Å². The van der Waals surface area contributed by atoms with Gasteiger partial charge in [-0.3, -0.25) is 4.57 Å². The van der Waals surface area contributed by atoms with Gasteiger partial charge in [0.1, 0.15) is 0 Å². The second-order valence-electron chi connectivity index (χ2n) is 13.2. The van der Waals surface area contributed by atoms with E-state index < -0.39 is 0 Å². The molecule has 0 fully saturated rings. The summed E-state index contributed by atoms with van der Waals surface area (Å²) in [5, 5.41) is 14.0. The fourth-order valence-electron chi connectivity index (χ4n) is 8.13. The molecule has 1 unspecified atom stereocenters. The summed E-state index contributed by atoms with van der Waals surface area (Å²) in [5.41, 5.74) is 8.06. The van der Waals surface area contributed by atoms with Crippen molar-refractivity contribution in [2.45, 2.75) is 6.04 Å². The van der Waals surface area contributed by atoms with Gasteiger partial charge >= 0.3 is 0 Å². The van der Waals surface area contributed by atoms with Crippen molar-refractivity contribution in [3.8, 4) is 11.1 Å². The molecule has 1 N–H and O–H groups in total. The zero-order chi connectivity index (χ0) is 32.8. The first-order chi connectivity index (χ1) is 24.8. The first-order valence-corrected chi connectivity index (χ1v) is 17.9. The Morgan fingerprint density at radius 1 is 0.580 bits per heavy atom. The molecular weight excluding hydrogens is 627 g/mol. The summed E-state index contributed by atoms with van der Waals surface area (Å²) in [5.74, 6) is 0.840. The second kappa shape index (κ2) is 10.6. The molecule has 1 aliphatic carbocycles. The highest BCUT2D eigenvalue weighted by Crippen LogP contribution is 2.47. The zero-order valence-corrected chi connectivity index (χ0v) is 27.8. The molecule has 9 aromatic rings. The fraction of sp³-hybridized carbons (Fsp3) is 0.0217. The van der Waals surface area contributed by atoms with E-state index in [0.717, 1.165) is 22.7 Å². The first kappa shape index (κ1) is 27.7. The Morgan fingerprint density at radius 2 is 1.28 bits per heavy atom. The molecule has 3 nitrogen and oxygen atoms in total. The van der Waals surface area contributed by atoms with Crippen LogP contribution in [0, 0.1) is 0 Å². The van der Waals surface area contributed by atoms with E-state index in [1.807, 2.05) is 11.3 Å². The quantitative estimate of drug-likeness (QED) is 0.197. The van der Waals surface area contributed by atoms with Crippen molar-refractivity contribution in [2.75, 3.05) is 0 Å². The third-order valence-corrected chi connectivity index (χ3v) is 11.6. The average Bonchev–Trinajstić information content (AvgIpc) is 3.75. The Labute approximate surface area is 292 Å². The number of allylic oxidation sites excluding steroid dienone is 2. The number of benzene rings is 7. The number of fused-ring (bicyclic) bond motifs is 12. The van der Waals surface area contributed by atoms with Crippen molar-refractivity contribution < 1.29 is 0 Å². The van der Waals surface area contributed by atoms with E-state index in [9.17, 15) is 0 Å². The predicted molar refractivity (Wildman–Crippen MR) is 214 cm³/mol. The maximum atomic E-state index is 5.57. The second-order valence-corrected chi connectivity index (χ2v) is 14.2. The fourth-order valence-corrected chi connectivity index (χ4v) is 9.39. The summed E-state index contributed by atoms with van der Waals surface area (Å²) in [6.07, 6.45) is 8.71. The Hall–Kier alpha value is -6.23. The summed E-state index contributed by atoms with van der Waals surface area (Å²) in [6, 6.07) is 50.6. The summed E-state index contributed by atoms with van der Waals surface area (Å²) in [6.45, 7) is 0. The van der Waals surface area contributed by atoms with Crippen LogP contribution in [0.15, 0.2) is 174 Å². The first-order valence-electron chi connectivity index (χ1n) is 17.1. The summed E-state index contributed by atoms with van der Waals surface area (Å²) in [4.78, 5) is 5.57. The van der Waals surface area contributed by atoms with Crippen molar-refractivity contribution in [1.29, 1.82) is 0 Å². The molecule has 2 aromatic heterocycles. The van der Waals surface area contributed by atoms with Gasteiger partial charge in [0.2, 0.25) is 5.96 Å². The van der Waals surface area contributed by atoms with Crippen LogP contribution >= 0.6 is 11.3 Å². The standard InChI is InChI=1S/C46H29N3S/c1-2-12-28(13-3-1)30-24-22-29-23-25-31(27-32(29)26-30)43-35-16-6-9-19-38(35)47-46(48-43)49-39-20-10-7-17-36(39)41-33-14-4-5-15-34(33)42-37-18-8-11-21-40(37)50-45(42)44(41)49/h1-27,38H,(H,47,48). The van der Waals surface area contributed by atoms with E-state index in [-0.39, 0.29) is 6.04 Å². The van der Waals surface area contributed by atoms with Gasteiger partial charge in [-0.1, -0.05) is 140 Å². The Kier molecular flexibility index (Phi) is 5.89. The maximum Gasteiger partial charge on any atom is 0.209 e. The van der Waals surface area contributed by atoms with E-state index in [4.69, 9.17) is 4.99 Å². The van der Waals surface area contributed by atoms with Gasteiger partial charge in [-0.05, 0) is 56.9 Å². The monoisotopic (exact) mass is 655 g/mol. The van der Waals surface area contributed by atoms with E-state index in [1.54, 1.807) is 0 Å². The van der Waals surface area contributed by atoms with Gasteiger partial charge in [-0.15, -0.1) is 11.3 Å². The molecule has 0 saturated carbocycles. The highest BCUT2D eigenvalue weighted by molar-refractivity contribution is 7.27. The number of aromatic nitrogens is 1. The SMILES string of the molecule is C1=CC2=C(c3ccc4ccc(-c5ccccc5)cc4c3)N=C(n3c4ccccc4c4c5ccccc5c5c6ccccc6sc5c43)NC2C=C1. The predicted octanol–water partition coefficient (Wildman–Crippen LogP) is 11.8. The highest BCUT2D eigenvalue weighted by atomic mass is 32.1. The van der Waals surface area contributed by atoms with Gasteiger partial charge in [-0.2, -0.15) is 0 Å². The van der Waals surface area contributed by atoms with Crippen molar-refractivity contribution >= 4 is 86.5 Å². The molecule has 0 saturated heterocycles. The molecule has 1 aliphatic heterocycles. The lowest BCUT2D eigenvalue weighted by Crippen LogP contribution is -2.42. The molecule has 3 heterocycles. The van der Waals surface area contributed by atoms with E-state index in [1.165, 1.54) is 74.7 Å². The molecule has 2 aliphatic rings. The minimum Gasteiger partial charge on any atom is -0.345 e. The summed E-state index contributed by atoms with van der Waals surface area (Å²) in [7, 11) is 0. The van der Waals surface area contributed by atoms with Crippen molar-refractivity contribution in [3.63, 3.8) is 0 Å². The number of thiophene rings is 1. The summed E-state index contributed by atoms with van der Waals surface area (Å²) < 4.78 is 4.98. The molecule has 234 valence electrons. The Bertz CT molecular complexity index is 3010. The van der Waals surface area contributed by atoms with Gasteiger partial charge < -0.3 is 5.32 Å². The van der Waals surface area contributed by atoms with Crippen LogP contribution in [-0.2, 0) is 0 Å². The molecule has 11 rings (SSSR count). The lowest BCUT2D eigenvalue weighted by atomic mass is 9.93. The minimum atomic E-state index is -0.0107. The highest BCUT2D eigenvalue weighted by Gasteiger charge is 2.28. The number of rotatable bonds is 2. The van der Waals surface area contributed by atoms with Gasteiger partial charge in [0.15, 0.2) is 0 Å². The zero-order valence-electron chi connectivity index (χ0n) is 27.0. The van der Waals surface area contributed by atoms with Crippen LogP contribution in [0.3, 0.4) is 0 Å². The number of nitrogens with zero attached hydrogens (tertiary/aromatic N) is 2. The largest absolute Gasteiger partial charge is 0.345 e. The number of para-hydroxylation sites is 1. The molecular formula is C46H29N3S. The number of nitrogens with one attached hydrogen (secondary N) is 1. The van der Waals surface area contributed by atoms with Gasteiger partial charge in [-0.25, -0.2) is 4.99 Å². The topological polar surface area (TPSA) is 29.3 Å². The molecule has 0 radical (unpaired) electrons. The third-order valence-electron chi connectivity index (χ3n) is 10.4. The maximum absolute atomic E-state index is 5.57. The molecule has 4 heteroatoms. The number of hydrogen-bond donors (Lipinski definition) is 1. The van der Waals surface area contributed by atoms with Crippen LogP contribution < -0.4 is 5.32 Å². The van der Waals surface area contributed by atoms with E-state index >= 15 is 0 Å². The summed E-state index contributed by atoms with van der Waals surface area (Å²) >= 11 is 1.88. The average molecular weight is 656 g/mol. The third kappa shape index (κ3) is 4.00. The van der Waals surface area contributed by atoms with Crippen LogP contribution in [0.25, 0.3) is 80.3 Å². The smallest absolute Gasteiger partial charge is 0.209 e. The van der Waals surface area contributed by atoms with Crippen LogP contribution in [0.5, 0.6) is 0 Å². The molecule has 1 atom stereocenters. The number of hydrogen-bond acceptors (Lipinski definition) is 3. The van der Waals surface area contributed by atoms with Crippen LogP contribution in [0.1, 0.15) is 5.56 Å². The van der Waals surface area contributed by atoms with E-state index in [0.29, 0.717) is 0 Å².